The average molecular weight is 569 g/mol. The van der Waals surface area contributed by atoms with Gasteiger partial charge in [-0.1, -0.05) is 37.3 Å². The second-order valence-electron chi connectivity index (χ2n) is 7.65. The molecule has 1 heterocycles. The highest BCUT2D eigenvalue weighted by atomic mass is 79.9. The monoisotopic (exact) mass is 568 g/mol. The molecule has 0 saturated carbocycles. The van der Waals surface area contributed by atoms with Gasteiger partial charge in [-0.3, -0.25) is 19.5 Å². The van der Waals surface area contributed by atoms with Crippen LogP contribution in [0.15, 0.2) is 96.7 Å². The summed E-state index contributed by atoms with van der Waals surface area (Å²) in [6.07, 6.45) is 1.73. The Morgan fingerprint density at radius 1 is 1.03 bits per heavy atom. The van der Waals surface area contributed by atoms with Crippen LogP contribution in [0, 0.1) is 0 Å². The number of nitrogens with one attached hydrogen (secondary N) is 2. The number of aromatic hydroxyl groups is 1. The molecule has 0 radical (unpaired) electrons. The molecule has 0 fully saturated rings. The number of benzene rings is 3. The molecule has 4 rings (SSSR count). The molecule has 184 valence electrons. The minimum absolute atomic E-state index is 0.0163. The van der Waals surface area contributed by atoms with Gasteiger partial charge in [0.15, 0.2) is 0 Å². The minimum atomic E-state index is -3.85. The number of hydrogen-bond acceptors (Lipinski definition) is 6. The number of halogens is 1. The first kappa shape index (κ1) is 25.1. The smallest absolute Gasteiger partial charge is 0.335 e. The molecule has 0 aliphatic carbocycles. The maximum absolute atomic E-state index is 12.7. The van der Waals surface area contributed by atoms with E-state index in [9.17, 15) is 23.1 Å². The van der Waals surface area contributed by atoms with Crippen LogP contribution in [0.25, 0.3) is 5.69 Å². The predicted octanol–water partition coefficient (Wildman–Crippen LogP) is 4.11. The molecule has 0 aliphatic heterocycles. The summed E-state index contributed by atoms with van der Waals surface area (Å²) in [5.74, 6) is -0.551. The van der Waals surface area contributed by atoms with Crippen LogP contribution in [-0.4, -0.2) is 29.3 Å². The molecule has 0 bridgehead atoms. The Morgan fingerprint density at radius 2 is 1.69 bits per heavy atom. The van der Waals surface area contributed by atoms with E-state index in [2.05, 4.69) is 30.6 Å². The molecule has 0 spiro atoms. The van der Waals surface area contributed by atoms with Crippen LogP contribution in [0.4, 0.5) is 11.4 Å². The van der Waals surface area contributed by atoms with Gasteiger partial charge in [-0.25, -0.2) is 17.8 Å². The van der Waals surface area contributed by atoms with Gasteiger partial charge in [0.25, 0.3) is 15.6 Å². The normalized spacial score (nSPS) is 11.6. The SMILES string of the molecule is CCc1ccccc1-n1c(O)c(C=Nc2ccc(S(=O)(=O)Nc3ccccc3Br)cc2)c(=O)[nH]c1=O. The Kier molecular flexibility index (Phi) is 7.22. The van der Waals surface area contributed by atoms with Crippen molar-refractivity contribution in [3.8, 4) is 11.6 Å². The zero-order valence-corrected chi connectivity index (χ0v) is 21.4. The lowest BCUT2D eigenvalue weighted by Crippen LogP contribution is -2.31. The van der Waals surface area contributed by atoms with Gasteiger partial charge in [-0.05, 0) is 70.4 Å². The Labute approximate surface area is 215 Å². The predicted molar refractivity (Wildman–Crippen MR) is 142 cm³/mol. The van der Waals surface area contributed by atoms with Crippen molar-refractivity contribution in [1.29, 1.82) is 0 Å². The van der Waals surface area contributed by atoms with E-state index in [1.807, 2.05) is 19.1 Å². The maximum Gasteiger partial charge on any atom is 0.335 e. The molecule has 3 aromatic carbocycles. The summed E-state index contributed by atoms with van der Waals surface area (Å²) in [6, 6.07) is 19.5. The second kappa shape index (κ2) is 10.3. The van der Waals surface area contributed by atoms with Crippen molar-refractivity contribution in [2.45, 2.75) is 18.2 Å². The quantitative estimate of drug-likeness (QED) is 0.288. The molecule has 36 heavy (non-hydrogen) atoms. The second-order valence-corrected chi connectivity index (χ2v) is 10.2. The molecular formula is C25H21BrN4O5S. The highest BCUT2D eigenvalue weighted by Gasteiger charge is 2.17. The fraction of sp³-hybridized carbons (Fsp3) is 0.0800. The summed E-state index contributed by atoms with van der Waals surface area (Å²) in [5.41, 5.74) is 0.187. The highest BCUT2D eigenvalue weighted by Crippen LogP contribution is 2.25. The van der Waals surface area contributed by atoms with E-state index in [1.165, 1.54) is 24.3 Å². The first-order valence-electron chi connectivity index (χ1n) is 10.8. The lowest BCUT2D eigenvalue weighted by molar-refractivity contribution is 0.429. The molecular weight excluding hydrogens is 548 g/mol. The molecule has 1 aromatic heterocycles. The third-order valence-corrected chi connectivity index (χ3v) is 7.42. The third kappa shape index (κ3) is 5.16. The fourth-order valence-corrected chi connectivity index (χ4v) is 5.10. The van der Waals surface area contributed by atoms with E-state index in [1.54, 1.807) is 36.4 Å². The van der Waals surface area contributed by atoms with Crippen LogP contribution in [0.5, 0.6) is 5.88 Å². The Hall–Kier alpha value is -3.96. The molecule has 11 heteroatoms. The number of aryl methyl sites for hydroxylation is 1. The van der Waals surface area contributed by atoms with Crippen LogP contribution < -0.4 is 16.0 Å². The molecule has 9 nitrogen and oxygen atoms in total. The van der Waals surface area contributed by atoms with Crippen LogP contribution in [0.2, 0.25) is 0 Å². The number of aromatic amines is 1. The topological polar surface area (TPSA) is 134 Å². The van der Waals surface area contributed by atoms with Gasteiger partial charge in [0.2, 0.25) is 5.88 Å². The summed E-state index contributed by atoms with van der Waals surface area (Å²) in [6.45, 7) is 1.91. The minimum Gasteiger partial charge on any atom is -0.493 e. The van der Waals surface area contributed by atoms with Crippen LogP contribution in [0.1, 0.15) is 18.1 Å². The summed E-state index contributed by atoms with van der Waals surface area (Å²) in [5, 5.41) is 10.8. The van der Waals surface area contributed by atoms with Crippen molar-refractivity contribution in [2.24, 2.45) is 4.99 Å². The van der Waals surface area contributed by atoms with Crippen molar-refractivity contribution >= 4 is 43.5 Å². The summed E-state index contributed by atoms with van der Waals surface area (Å²) < 4.78 is 29.5. The first-order chi connectivity index (χ1) is 17.2. The first-order valence-corrected chi connectivity index (χ1v) is 13.1. The van der Waals surface area contributed by atoms with E-state index in [-0.39, 0.29) is 10.5 Å². The van der Waals surface area contributed by atoms with Crippen LogP contribution in [0.3, 0.4) is 0 Å². The number of aliphatic imine (C=N–C) groups is 1. The Bertz CT molecular complexity index is 1680. The van der Waals surface area contributed by atoms with Gasteiger partial charge < -0.3 is 5.11 Å². The fourth-order valence-electron chi connectivity index (χ4n) is 3.50. The van der Waals surface area contributed by atoms with E-state index in [0.717, 1.165) is 16.3 Å². The van der Waals surface area contributed by atoms with Gasteiger partial charge in [-0.15, -0.1) is 0 Å². The maximum atomic E-state index is 12.7. The zero-order chi connectivity index (χ0) is 25.9. The molecule has 0 amide bonds. The molecule has 0 atom stereocenters. The van der Waals surface area contributed by atoms with Gasteiger partial charge in [0.05, 0.1) is 22.0 Å². The Balaban J connectivity index is 1.64. The lowest BCUT2D eigenvalue weighted by Gasteiger charge is -2.13. The number of anilines is 1. The van der Waals surface area contributed by atoms with Gasteiger partial charge in [-0.2, -0.15) is 0 Å². The molecule has 4 aromatic rings. The molecule has 0 saturated heterocycles. The standard InChI is InChI=1S/C25H21BrN4O5S/c1-2-16-7-3-6-10-22(16)30-24(32)19(23(31)28-25(30)33)15-27-17-11-13-18(14-12-17)36(34,35)29-21-9-5-4-8-20(21)26/h3-15,29,32H,2H2,1H3,(H,28,31,33). The Morgan fingerprint density at radius 3 is 2.39 bits per heavy atom. The largest absolute Gasteiger partial charge is 0.493 e. The number of aromatic nitrogens is 2. The third-order valence-electron chi connectivity index (χ3n) is 5.34. The zero-order valence-electron chi connectivity index (χ0n) is 19.0. The van der Waals surface area contributed by atoms with Crippen molar-refractivity contribution in [3.63, 3.8) is 0 Å². The number of rotatable bonds is 7. The highest BCUT2D eigenvalue weighted by molar-refractivity contribution is 9.10. The van der Waals surface area contributed by atoms with Crippen molar-refractivity contribution in [1.82, 2.24) is 9.55 Å². The van der Waals surface area contributed by atoms with Gasteiger partial charge in [0.1, 0.15) is 5.56 Å². The van der Waals surface area contributed by atoms with E-state index >= 15 is 0 Å². The van der Waals surface area contributed by atoms with E-state index in [4.69, 9.17) is 0 Å². The number of para-hydroxylation sites is 2. The number of nitrogens with zero attached hydrogens (tertiary/aromatic N) is 2. The van der Waals surface area contributed by atoms with E-state index in [0.29, 0.717) is 28.0 Å². The summed E-state index contributed by atoms with van der Waals surface area (Å²) in [4.78, 5) is 31.3. The summed E-state index contributed by atoms with van der Waals surface area (Å²) in [7, 11) is -3.85. The average Bonchev–Trinajstić information content (AvgIpc) is 2.85. The molecule has 0 aliphatic rings. The van der Waals surface area contributed by atoms with Crippen molar-refractivity contribution < 1.29 is 13.5 Å². The molecule has 3 N–H and O–H groups in total. The van der Waals surface area contributed by atoms with Gasteiger partial charge >= 0.3 is 5.69 Å². The van der Waals surface area contributed by atoms with Crippen molar-refractivity contribution in [2.75, 3.05) is 4.72 Å². The summed E-state index contributed by atoms with van der Waals surface area (Å²) >= 11 is 3.30. The van der Waals surface area contributed by atoms with Gasteiger partial charge in [0, 0.05) is 10.7 Å². The van der Waals surface area contributed by atoms with E-state index < -0.39 is 27.2 Å². The molecule has 0 unspecified atom stereocenters. The van der Waals surface area contributed by atoms with Crippen LogP contribution in [-0.2, 0) is 16.4 Å². The number of hydrogen-bond donors (Lipinski definition) is 3. The number of sulfonamides is 1. The lowest BCUT2D eigenvalue weighted by atomic mass is 10.1. The van der Waals surface area contributed by atoms with Crippen molar-refractivity contribution in [3.05, 3.63) is 109 Å². The number of H-pyrrole nitrogens is 1. The van der Waals surface area contributed by atoms with Crippen LogP contribution >= 0.6 is 15.9 Å².